The minimum atomic E-state index is -0.142. The summed E-state index contributed by atoms with van der Waals surface area (Å²) >= 11 is 0. The van der Waals surface area contributed by atoms with Crippen molar-refractivity contribution in [3.05, 3.63) is 115 Å². The molecule has 3 nitrogen and oxygen atoms in total. The predicted octanol–water partition coefficient (Wildman–Crippen LogP) is 6.40. The molecule has 28 heavy (non-hydrogen) atoms. The number of carbonyl (C=O) groups excluding carboxylic acids is 1. The van der Waals surface area contributed by atoms with Crippen LogP contribution in [0.1, 0.15) is 10.4 Å². The summed E-state index contributed by atoms with van der Waals surface area (Å²) in [5, 5.41) is 2.96. The molecule has 1 N–H and O–H groups in total. The van der Waals surface area contributed by atoms with Crippen LogP contribution >= 0.6 is 0 Å². The highest BCUT2D eigenvalue weighted by molar-refractivity contribution is 6.08. The van der Waals surface area contributed by atoms with E-state index in [0.717, 1.165) is 16.9 Å². The number of benzene rings is 4. The normalized spacial score (nSPS) is 10.3. The second-order valence-electron chi connectivity index (χ2n) is 6.31. The SMILES string of the molecule is O=C(Nc1ccc(Oc2ccccc2)cc1)c1ccccc1-c1ccccc1. The monoisotopic (exact) mass is 365 g/mol. The van der Waals surface area contributed by atoms with E-state index in [0.29, 0.717) is 17.0 Å². The second-order valence-corrected chi connectivity index (χ2v) is 6.31. The van der Waals surface area contributed by atoms with Gasteiger partial charge in [-0.2, -0.15) is 0 Å². The Morgan fingerprint density at radius 2 is 1.18 bits per heavy atom. The summed E-state index contributed by atoms with van der Waals surface area (Å²) in [4.78, 5) is 12.8. The molecule has 0 atom stereocenters. The van der Waals surface area contributed by atoms with E-state index in [9.17, 15) is 4.79 Å². The summed E-state index contributed by atoms with van der Waals surface area (Å²) < 4.78 is 5.79. The number of amides is 1. The van der Waals surface area contributed by atoms with Gasteiger partial charge in [-0.05, 0) is 53.6 Å². The fourth-order valence-corrected chi connectivity index (χ4v) is 2.98. The van der Waals surface area contributed by atoms with Crippen LogP contribution in [0.25, 0.3) is 11.1 Å². The molecule has 0 aliphatic carbocycles. The van der Waals surface area contributed by atoms with Gasteiger partial charge in [0.2, 0.25) is 0 Å². The van der Waals surface area contributed by atoms with Crippen molar-refractivity contribution in [1.82, 2.24) is 0 Å². The first-order chi connectivity index (χ1) is 13.8. The zero-order chi connectivity index (χ0) is 19.2. The highest BCUT2D eigenvalue weighted by atomic mass is 16.5. The van der Waals surface area contributed by atoms with Gasteiger partial charge >= 0.3 is 0 Å². The number of rotatable bonds is 5. The van der Waals surface area contributed by atoms with Gasteiger partial charge in [-0.3, -0.25) is 4.79 Å². The van der Waals surface area contributed by atoms with Crippen molar-refractivity contribution in [3.63, 3.8) is 0 Å². The standard InChI is InChI=1S/C25H19NO2/c27-25(24-14-8-7-13-23(24)19-9-3-1-4-10-19)26-20-15-17-22(18-16-20)28-21-11-5-2-6-12-21/h1-18H,(H,26,27). The van der Waals surface area contributed by atoms with E-state index < -0.39 is 0 Å². The van der Waals surface area contributed by atoms with E-state index >= 15 is 0 Å². The molecule has 0 bridgehead atoms. The minimum absolute atomic E-state index is 0.142. The van der Waals surface area contributed by atoms with E-state index in [4.69, 9.17) is 4.74 Å². The third-order valence-corrected chi connectivity index (χ3v) is 4.35. The van der Waals surface area contributed by atoms with Gasteiger partial charge in [0, 0.05) is 11.3 Å². The average molecular weight is 365 g/mol. The number of carbonyl (C=O) groups is 1. The van der Waals surface area contributed by atoms with E-state index in [1.54, 1.807) is 0 Å². The van der Waals surface area contributed by atoms with Gasteiger partial charge in [-0.15, -0.1) is 0 Å². The molecule has 0 aliphatic rings. The summed E-state index contributed by atoms with van der Waals surface area (Å²) in [6.07, 6.45) is 0. The molecule has 3 heteroatoms. The fraction of sp³-hybridized carbons (Fsp3) is 0. The van der Waals surface area contributed by atoms with Gasteiger partial charge in [-0.25, -0.2) is 0 Å². The Hall–Kier alpha value is -3.85. The third-order valence-electron chi connectivity index (χ3n) is 4.35. The first kappa shape index (κ1) is 17.6. The topological polar surface area (TPSA) is 38.3 Å². The van der Waals surface area contributed by atoms with Crippen LogP contribution in [0.15, 0.2) is 109 Å². The van der Waals surface area contributed by atoms with Crippen LogP contribution in [0.3, 0.4) is 0 Å². The Kier molecular flexibility index (Phi) is 5.16. The number of para-hydroxylation sites is 1. The highest BCUT2D eigenvalue weighted by Crippen LogP contribution is 2.26. The van der Waals surface area contributed by atoms with Crippen molar-refractivity contribution in [2.75, 3.05) is 5.32 Å². The Morgan fingerprint density at radius 1 is 0.607 bits per heavy atom. The first-order valence-electron chi connectivity index (χ1n) is 9.08. The lowest BCUT2D eigenvalue weighted by Gasteiger charge is -2.11. The van der Waals surface area contributed by atoms with Crippen molar-refractivity contribution >= 4 is 11.6 Å². The van der Waals surface area contributed by atoms with Crippen LogP contribution in [0, 0.1) is 0 Å². The van der Waals surface area contributed by atoms with Crippen LogP contribution in [0.4, 0.5) is 5.69 Å². The molecular weight excluding hydrogens is 346 g/mol. The van der Waals surface area contributed by atoms with Gasteiger partial charge in [0.1, 0.15) is 11.5 Å². The molecule has 4 aromatic carbocycles. The van der Waals surface area contributed by atoms with Gasteiger partial charge in [0.15, 0.2) is 0 Å². The fourth-order valence-electron chi connectivity index (χ4n) is 2.98. The van der Waals surface area contributed by atoms with Crippen LogP contribution in [0.5, 0.6) is 11.5 Å². The summed E-state index contributed by atoms with van der Waals surface area (Å²) in [5.41, 5.74) is 3.27. The molecule has 0 saturated heterocycles. The van der Waals surface area contributed by atoms with Crippen molar-refractivity contribution in [2.24, 2.45) is 0 Å². The number of nitrogens with one attached hydrogen (secondary N) is 1. The smallest absolute Gasteiger partial charge is 0.256 e. The van der Waals surface area contributed by atoms with Crippen LogP contribution < -0.4 is 10.1 Å². The minimum Gasteiger partial charge on any atom is -0.457 e. The molecule has 0 aliphatic heterocycles. The van der Waals surface area contributed by atoms with Crippen molar-refractivity contribution in [1.29, 1.82) is 0 Å². The molecule has 0 saturated carbocycles. The molecule has 0 fully saturated rings. The number of ether oxygens (including phenoxy) is 1. The number of anilines is 1. The molecule has 0 spiro atoms. The predicted molar refractivity (Wildman–Crippen MR) is 113 cm³/mol. The number of hydrogen-bond donors (Lipinski definition) is 1. The second kappa shape index (κ2) is 8.23. The zero-order valence-corrected chi connectivity index (χ0v) is 15.2. The Morgan fingerprint density at radius 3 is 1.89 bits per heavy atom. The summed E-state index contributed by atoms with van der Waals surface area (Å²) in [7, 11) is 0. The third kappa shape index (κ3) is 4.10. The molecule has 136 valence electrons. The lowest BCUT2D eigenvalue weighted by atomic mass is 9.99. The van der Waals surface area contributed by atoms with E-state index in [1.165, 1.54) is 0 Å². The van der Waals surface area contributed by atoms with Gasteiger partial charge < -0.3 is 10.1 Å². The van der Waals surface area contributed by atoms with Gasteiger partial charge in [0.05, 0.1) is 0 Å². The molecule has 1 amide bonds. The summed E-state index contributed by atoms with van der Waals surface area (Å²) in [5.74, 6) is 1.35. The molecular formula is C25H19NO2. The van der Waals surface area contributed by atoms with E-state index in [2.05, 4.69) is 5.32 Å². The lowest BCUT2D eigenvalue weighted by Crippen LogP contribution is -2.13. The van der Waals surface area contributed by atoms with E-state index in [1.807, 2.05) is 109 Å². The van der Waals surface area contributed by atoms with Gasteiger partial charge in [0.25, 0.3) is 5.91 Å². The Balaban J connectivity index is 1.50. The van der Waals surface area contributed by atoms with E-state index in [-0.39, 0.29) is 5.91 Å². The lowest BCUT2D eigenvalue weighted by molar-refractivity contribution is 0.102. The Labute approximate surface area is 164 Å². The first-order valence-corrected chi connectivity index (χ1v) is 9.08. The summed E-state index contributed by atoms with van der Waals surface area (Å²) in [6.45, 7) is 0. The van der Waals surface area contributed by atoms with Gasteiger partial charge in [-0.1, -0.05) is 66.7 Å². The van der Waals surface area contributed by atoms with Crippen molar-refractivity contribution in [2.45, 2.75) is 0 Å². The zero-order valence-electron chi connectivity index (χ0n) is 15.2. The van der Waals surface area contributed by atoms with Crippen LogP contribution in [-0.2, 0) is 0 Å². The van der Waals surface area contributed by atoms with Crippen molar-refractivity contribution < 1.29 is 9.53 Å². The molecule has 4 aromatic rings. The maximum Gasteiger partial charge on any atom is 0.256 e. The Bertz CT molecular complexity index is 1060. The van der Waals surface area contributed by atoms with Crippen molar-refractivity contribution in [3.8, 4) is 22.6 Å². The van der Waals surface area contributed by atoms with Crippen LogP contribution in [0.2, 0.25) is 0 Å². The summed E-state index contributed by atoms with van der Waals surface area (Å²) in [6, 6.07) is 34.5. The number of hydrogen-bond acceptors (Lipinski definition) is 2. The maximum atomic E-state index is 12.8. The van der Waals surface area contributed by atoms with Crippen LogP contribution in [-0.4, -0.2) is 5.91 Å². The molecule has 4 rings (SSSR count). The molecule has 0 radical (unpaired) electrons. The molecule has 0 aromatic heterocycles. The molecule has 0 heterocycles. The quantitative estimate of drug-likeness (QED) is 0.444. The maximum absolute atomic E-state index is 12.8. The highest BCUT2D eigenvalue weighted by Gasteiger charge is 2.12. The molecule has 0 unspecified atom stereocenters. The largest absolute Gasteiger partial charge is 0.457 e. The average Bonchev–Trinajstić information content (AvgIpc) is 2.76.